The molecule has 2 N–H and O–H groups in total. The molecule has 20 heavy (non-hydrogen) atoms. The predicted octanol–water partition coefficient (Wildman–Crippen LogP) is 2.82. The second-order valence-electron chi connectivity index (χ2n) is 4.58. The monoisotopic (exact) mass is 275 g/mol. The quantitative estimate of drug-likeness (QED) is 0.911. The number of ketones is 1. The Kier molecular flexibility index (Phi) is 4.58. The van der Waals surface area contributed by atoms with Crippen LogP contribution in [0.1, 0.15) is 17.0 Å². The molecule has 0 bridgehead atoms. The molecular weight excluding hydrogens is 260 g/mol. The van der Waals surface area contributed by atoms with E-state index < -0.39 is 17.6 Å². The van der Waals surface area contributed by atoms with Gasteiger partial charge in [0.15, 0.2) is 0 Å². The Balaban J connectivity index is 2.20. The van der Waals surface area contributed by atoms with E-state index in [1.165, 1.54) is 0 Å². The van der Waals surface area contributed by atoms with Crippen molar-refractivity contribution in [2.45, 2.75) is 12.3 Å². The number of Topliss-reactive ketones (excluding diaryl/α,β-unsaturated/α-hetero) is 1. The number of carbonyl (C=O) groups excluding carboxylic acids is 1. The predicted molar refractivity (Wildman–Crippen MR) is 73.3 cm³/mol. The van der Waals surface area contributed by atoms with Gasteiger partial charge in [0.2, 0.25) is 0 Å². The van der Waals surface area contributed by atoms with Crippen LogP contribution in [0.5, 0.6) is 0 Å². The summed E-state index contributed by atoms with van der Waals surface area (Å²) in [7, 11) is 0. The Morgan fingerprint density at radius 1 is 1.10 bits per heavy atom. The van der Waals surface area contributed by atoms with Crippen molar-refractivity contribution in [1.29, 1.82) is 0 Å². The van der Waals surface area contributed by atoms with Crippen LogP contribution < -0.4 is 5.73 Å². The minimum Gasteiger partial charge on any atom is -0.329 e. The lowest BCUT2D eigenvalue weighted by molar-refractivity contribution is -0.119. The van der Waals surface area contributed by atoms with E-state index in [0.717, 1.165) is 23.8 Å². The maximum Gasteiger partial charge on any atom is 0.146 e. The summed E-state index contributed by atoms with van der Waals surface area (Å²) >= 11 is 0. The van der Waals surface area contributed by atoms with Crippen molar-refractivity contribution in [3.63, 3.8) is 0 Å². The van der Waals surface area contributed by atoms with Gasteiger partial charge in [0.25, 0.3) is 0 Å². The molecule has 0 aliphatic heterocycles. The van der Waals surface area contributed by atoms with Crippen LogP contribution in [0.25, 0.3) is 0 Å². The highest BCUT2D eigenvalue weighted by atomic mass is 19.1. The lowest BCUT2D eigenvalue weighted by Gasteiger charge is -2.14. The summed E-state index contributed by atoms with van der Waals surface area (Å²) in [6.07, 6.45) is -0.166. The molecule has 0 spiro atoms. The van der Waals surface area contributed by atoms with Gasteiger partial charge >= 0.3 is 0 Å². The zero-order chi connectivity index (χ0) is 14.5. The Morgan fingerprint density at radius 2 is 1.80 bits per heavy atom. The molecule has 2 rings (SSSR count). The molecule has 4 heteroatoms. The number of hydrogen-bond acceptors (Lipinski definition) is 2. The number of carbonyl (C=O) groups is 1. The lowest BCUT2D eigenvalue weighted by atomic mass is 9.91. The summed E-state index contributed by atoms with van der Waals surface area (Å²) in [6, 6.07) is 12.2. The molecule has 0 amide bonds. The van der Waals surface area contributed by atoms with Gasteiger partial charge in [-0.25, -0.2) is 8.78 Å². The van der Waals surface area contributed by atoms with Crippen molar-refractivity contribution in [1.82, 2.24) is 0 Å². The van der Waals surface area contributed by atoms with Crippen LogP contribution in [0.4, 0.5) is 8.78 Å². The summed E-state index contributed by atoms with van der Waals surface area (Å²) in [5.41, 5.74) is 6.49. The van der Waals surface area contributed by atoms with Crippen molar-refractivity contribution < 1.29 is 13.6 Å². The molecule has 0 radical (unpaired) electrons. The normalized spacial score (nSPS) is 12.2. The van der Waals surface area contributed by atoms with Crippen molar-refractivity contribution >= 4 is 5.78 Å². The fourth-order valence-electron chi connectivity index (χ4n) is 2.13. The summed E-state index contributed by atoms with van der Waals surface area (Å²) in [5.74, 6) is -1.86. The molecule has 0 aliphatic carbocycles. The van der Waals surface area contributed by atoms with Gasteiger partial charge in [0, 0.05) is 13.0 Å². The third kappa shape index (κ3) is 3.27. The van der Waals surface area contributed by atoms with Crippen LogP contribution in [0.15, 0.2) is 48.5 Å². The molecule has 2 aromatic rings. The summed E-state index contributed by atoms with van der Waals surface area (Å²) < 4.78 is 26.7. The first kappa shape index (κ1) is 14.3. The fraction of sp³-hybridized carbons (Fsp3) is 0.188. The van der Waals surface area contributed by atoms with E-state index in [2.05, 4.69) is 0 Å². The first-order valence-electron chi connectivity index (χ1n) is 6.33. The van der Waals surface area contributed by atoms with Gasteiger partial charge in [-0.2, -0.15) is 0 Å². The molecule has 104 valence electrons. The van der Waals surface area contributed by atoms with Crippen LogP contribution >= 0.6 is 0 Å². The zero-order valence-electron chi connectivity index (χ0n) is 10.9. The van der Waals surface area contributed by atoms with Crippen LogP contribution in [-0.2, 0) is 11.2 Å². The molecule has 1 atom stereocenters. The Morgan fingerprint density at radius 3 is 2.45 bits per heavy atom. The average molecular weight is 275 g/mol. The zero-order valence-corrected chi connectivity index (χ0v) is 10.9. The number of rotatable bonds is 5. The maximum absolute atomic E-state index is 13.5. The molecule has 0 aromatic heterocycles. The molecule has 2 nitrogen and oxygen atoms in total. The summed E-state index contributed by atoms with van der Waals surface area (Å²) in [4.78, 5) is 12.2. The van der Waals surface area contributed by atoms with Gasteiger partial charge < -0.3 is 5.73 Å². The first-order chi connectivity index (χ1) is 9.61. The van der Waals surface area contributed by atoms with Crippen LogP contribution in [0.3, 0.4) is 0 Å². The minimum atomic E-state index is -0.580. The van der Waals surface area contributed by atoms with Gasteiger partial charge in [-0.1, -0.05) is 30.3 Å². The number of halogens is 2. The minimum absolute atomic E-state index is 0.0596. The van der Waals surface area contributed by atoms with E-state index in [1.807, 2.05) is 18.2 Å². The van der Waals surface area contributed by atoms with Gasteiger partial charge in [0.05, 0.1) is 5.92 Å². The van der Waals surface area contributed by atoms with E-state index in [4.69, 9.17) is 5.73 Å². The molecule has 0 saturated heterocycles. The Hall–Kier alpha value is -2.07. The molecule has 0 aliphatic rings. The number of hydrogen-bond donors (Lipinski definition) is 1. The van der Waals surface area contributed by atoms with Crippen molar-refractivity contribution in [2.24, 2.45) is 5.73 Å². The van der Waals surface area contributed by atoms with Gasteiger partial charge in [-0.05, 0) is 29.3 Å². The van der Waals surface area contributed by atoms with E-state index >= 15 is 0 Å². The fourth-order valence-corrected chi connectivity index (χ4v) is 2.13. The summed E-state index contributed by atoms with van der Waals surface area (Å²) in [5, 5.41) is 0. The van der Waals surface area contributed by atoms with Crippen molar-refractivity contribution in [3.8, 4) is 0 Å². The van der Waals surface area contributed by atoms with Crippen LogP contribution in [0.2, 0.25) is 0 Å². The Labute approximate surface area is 116 Å². The first-order valence-corrected chi connectivity index (χ1v) is 6.33. The Bertz CT molecular complexity index is 599. The summed E-state index contributed by atoms with van der Waals surface area (Å²) in [6.45, 7) is 0.139. The third-order valence-corrected chi connectivity index (χ3v) is 3.20. The molecule has 1 unspecified atom stereocenters. The van der Waals surface area contributed by atoms with Gasteiger partial charge in [-0.3, -0.25) is 4.79 Å². The average Bonchev–Trinajstić information content (AvgIpc) is 2.45. The standard InChI is InChI=1S/C16H15F2NO/c17-13-6-7-15(18)12(8-13)9-16(20)14(10-19)11-4-2-1-3-5-11/h1-8,14H,9-10,19H2. The smallest absolute Gasteiger partial charge is 0.146 e. The van der Waals surface area contributed by atoms with Gasteiger partial charge in [0.1, 0.15) is 17.4 Å². The molecule has 0 heterocycles. The van der Waals surface area contributed by atoms with Crippen molar-refractivity contribution in [2.75, 3.05) is 6.54 Å². The van der Waals surface area contributed by atoms with Crippen LogP contribution in [-0.4, -0.2) is 12.3 Å². The molecule has 0 fully saturated rings. The molecular formula is C16H15F2NO. The van der Waals surface area contributed by atoms with E-state index in [-0.39, 0.29) is 24.3 Å². The number of benzene rings is 2. The number of nitrogens with two attached hydrogens (primary N) is 1. The second-order valence-corrected chi connectivity index (χ2v) is 4.58. The van der Waals surface area contributed by atoms with Crippen molar-refractivity contribution in [3.05, 3.63) is 71.3 Å². The topological polar surface area (TPSA) is 43.1 Å². The third-order valence-electron chi connectivity index (χ3n) is 3.20. The second kappa shape index (κ2) is 6.39. The SMILES string of the molecule is NCC(C(=O)Cc1cc(F)ccc1F)c1ccccc1. The highest BCUT2D eigenvalue weighted by molar-refractivity contribution is 5.87. The lowest BCUT2D eigenvalue weighted by Crippen LogP contribution is -2.23. The van der Waals surface area contributed by atoms with Crippen LogP contribution in [0, 0.1) is 11.6 Å². The van der Waals surface area contributed by atoms with E-state index in [1.54, 1.807) is 12.1 Å². The van der Waals surface area contributed by atoms with E-state index in [0.29, 0.717) is 0 Å². The highest BCUT2D eigenvalue weighted by Gasteiger charge is 2.20. The molecule has 0 saturated carbocycles. The van der Waals surface area contributed by atoms with E-state index in [9.17, 15) is 13.6 Å². The maximum atomic E-state index is 13.5. The molecule has 2 aromatic carbocycles. The highest BCUT2D eigenvalue weighted by Crippen LogP contribution is 2.19. The largest absolute Gasteiger partial charge is 0.329 e. The van der Waals surface area contributed by atoms with Gasteiger partial charge in [-0.15, -0.1) is 0 Å².